The van der Waals surface area contributed by atoms with Crippen LogP contribution in [0.3, 0.4) is 0 Å². The third-order valence-electron chi connectivity index (χ3n) is 2.05. The van der Waals surface area contributed by atoms with Crippen molar-refractivity contribution in [3.8, 4) is 5.75 Å². The Morgan fingerprint density at radius 3 is 3.00 bits per heavy atom. The Hall–Kier alpha value is -1.71. The smallest absolute Gasteiger partial charge is 0.274 e. The van der Waals surface area contributed by atoms with Gasteiger partial charge in [0.15, 0.2) is 0 Å². The van der Waals surface area contributed by atoms with E-state index < -0.39 is 0 Å². The molecule has 1 aromatic heterocycles. The van der Waals surface area contributed by atoms with Crippen molar-refractivity contribution in [3.05, 3.63) is 28.6 Å². The largest absolute Gasteiger partial charge is 0.508 e. The van der Waals surface area contributed by atoms with Crippen LogP contribution in [-0.4, -0.2) is 14.9 Å². The van der Waals surface area contributed by atoms with Gasteiger partial charge in [0.05, 0.1) is 10.9 Å². The van der Waals surface area contributed by atoms with Crippen molar-refractivity contribution in [1.29, 1.82) is 0 Å². The monoisotopic (exact) mass is 178 g/mol. The molecule has 0 radical (unpaired) electrons. The number of phenolic OH excluding ortho intramolecular Hbond substituents is 1. The van der Waals surface area contributed by atoms with Crippen LogP contribution in [0, 0.1) is 0 Å². The third-order valence-corrected chi connectivity index (χ3v) is 2.05. The maximum atomic E-state index is 11.5. The Morgan fingerprint density at radius 1 is 1.54 bits per heavy atom. The standard InChI is InChI=1S/C9H10N2O2/c1-2-11-9(13)7-5-6(12)3-4-8(7)10-11/h3-5,10,12H,2H2,1H3. The van der Waals surface area contributed by atoms with Crippen LogP contribution in [0.25, 0.3) is 10.9 Å². The second-order valence-electron chi connectivity index (χ2n) is 2.89. The molecule has 13 heavy (non-hydrogen) atoms. The molecule has 0 aliphatic heterocycles. The van der Waals surface area contributed by atoms with Crippen LogP contribution >= 0.6 is 0 Å². The minimum Gasteiger partial charge on any atom is -0.508 e. The van der Waals surface area contributed by atoms with Crippen LogP contribution in [0.1, 0.15) is 6.92 Å². The molecule has 4 nitrogen and oxygen atoms in total. The average Bonchev–Trinajstić information content (AvgIpc) is 2.44. The van der Waals surface area contributed by atoms with Gasteiger partial charge >= 0.3 is 0 Å². The molecule has 0 saturated carbocycles. The maximum Gasteiger partial charge on any atom is 0.274 e. The van der Waals surface area contributed by atoms with Crippen LogP contribution in [-0.2, 0) is 6.54 Å². The van der Waals surface area contributed by atoms with E-state index in [4.69, 9.17) is 0 Å². The van der Waals surface area contributed by atoms with Crippen molar-refractivity contribution in [2.24, 2.45) is 0 Å². The number of hydrogen-bond acceptors (Lipinski definition) is 2. The first-order chi connectivity index (χ1) is 6.22. The summed E-state index contributed by atoms with van der Waals surface area (Å²) in [5.74, 6) is 0.117. The first-order valence-electron chi connectivity index (χ1n) is 4.14. The molecular weight excluding hydrogens is 168 g/mol. The fourth-order valence-electron chi connectivity index (χ4n) is 1.37. The topological polar surface area (TPSA) is 58.0 Å². The van der Waals surface area contributed by atoms with Gasteiger partial charge in [-0.25, -0.2) is 0 Å². The predicted molar refractivity (Wildman–Crippen MR) is 49.9 cm³/mol. The molecule has 4 heteroatoms. The first kappa shape index (κ1) is 7.91. The number of aryl methyl sites for hydroxylation is 1. The van der Waals surface area contributed by atoms with Gasteiger partial charge in [-0.3, -0.25) is 14.6 Å². The number of H-pyrrole nitrogens is 1. The summed E-state index contributed by atoms with van der Waals surface area (Å²) in [7, 11) is 0. The number of benzene rings is 1. The van der Waals surface area contributed by atoms with Crippen molar-refractivity contribution >= 4 is 10.9 Å². The van der Waals surface area contributed by atoms with Crippen molar-refractivity contribution in [2.75, 3.05) is 0 Å². The summed E-state index contributed by atoms with van der Waals surface area (Å²) in [4.78, 5) is 11.5. The number of nitrogens with zero attached hydrogens (tertiary/aromatic N) is 1. The Balaban J connectivity index is 2.85. The quantitative estimate of drug-likeness (QED) is 0.685. The molecule has 2 N–H and O–H groups in total. The van der Waals surface area contributed by atoms with E-state index in [1.807, 2.05) is 6.92 Å². The van der Waals surface area contributed by atoms with Crippen LogP contribution < -0.4 is 5.56 Å². The van der Waals surface area contributed by atoms with E-state index in [2.05, 4.69) is 5.10 Å². The number of fused-ring (bicyclic) bond motifs is 1. The molecule has 0 bridgehead atoms. The third kappa shape index (κ3) is 1.11. The molecular formula is C9H10N2O2. The van der Waals surface area contributed by atoms with Crippen LogP contribution in [0.5, 0.6) is 5.75 Å². The van der Waals surface area contributed by atoms with Crippen LogP contribution in [0.2, 0.25) is 0 Å². The predicted octanol–water partition coefficient (Wildman–Crippen LogP) is 1.06. The normalized spacial score (nSPS) is 10.8. The summed E-state index contributed by atoms with van der Waals surface area (Å²) in [6.45, 7) is 2.49. The Bertz CT molecular complexity index is 496. The maximum absolute atomic E-state index is 11.5. The molecule has 2 rings (SSSR count). The molecule has 0 aliphatic carbocycles. The number of hydrogen-bond donors (Lipinski definition) is 2. The highest BCUT2D eigenvalue weighted by atomic mass is 16.3. The summed E-state index contributed by atoms with van der Waals surface area (Å²) >= 11 is 0. The van der Waals surface area contributed by atoms with Crippen molar-refractivity contribution in [1.82, 2.24) is 9.78 Å². The zero-order valence-electron chi connectivity index (χ0n) is 7.24. The molecule has 0 atom stereocenters. The van der Waals surface area contributed by atoms with Gasteiger partial charge in [-0.2, -0.15) is 0 Å². The van der Waals surface area contributed by atoms with Gasteiger partial charge in [0.25, 0.3) is 5.56 Å². The minimum atomic E-state index is -0.0894. The van der Waals surface area contributed by atoms with Crippen LogP contribution in [0.15, 0.2) is 23.0 Å². The molecule has 0 saturated heterocycles. The van der Waals surface area contributed by atoms with Crippen molar-refractivity contribution < 1.29 is 5.11 Å². The fourth-order valence-corrected chi connectivity index (χ4v) is 1.37. The van der Waals surface area contributed by atoms with E-state index >= 15 is 0 Å². The number of rotatable bonds is 1. The molecule has 1 aromatic carbocycles. The first-order valence-corrected chi connectivity index (χ1v) is 4.14. The van der Waals surface area contributed by atoms with Gasteiger partial charge in [-0.05, 0) is 25.1 Å². The Morgan fingerprint density at radius 2 is 2.31 bits per heavy atom. The van der Waals surface area contributed by atoms with E-state index in [-0.39, 0.29) is 11.3 Å². The molecule has 0 aliphatic rings. The van der Waals surface area contributed by atoms with E-state index in [0.717, 1.165) is 5.52 Å². The average molecular weight is 178 g/mol. The van der Waals surface area contributed by atoms with E-state index in [9.17, 15) is 9.90 Å². The molecule has 68 valence electrons. The molecule has 0 amide bonds. The van der Waals surface area contributed by atoms with Gasteiger partial charge in [-0.1, -0.05) is 0 Å². The molecule has 0 unspecified atom stereocenters. The second-order valence-corrected chi connectivity index (χ2v) is 2.89. The second kappa shape index (κ2) is 2.65. The van der Waals surface area contributed by atoms with E-state index in [1.54, 1.807) is 12.1 Å². The SMILES string of the molecule is CCn1[nH]c2ccc(O)cc2c1=O. The highest BCUT2D eigenvalue weighted by molar-refractivity contribution is 5.79. The van der Waals surface area contributed by atoms with Gasteiger partial charge < -0.3 is 5.11 Å². The number of nitrogens with one attached hydrogen (secondary N) is 1. The molecule has 0 fully saturated rings. The lowest BCUT2D eigenvalue weighted by molar-refractivity contribution is 0.476. The van der Waals surface area contributed by atoms with Crippen molar-refractivity contribution in [2.45, 2.75) is 13.5 Å². The summed E-state index contributed by atoms with van der Waals surface area (Å²) in [5.41, 5.74) is 0.665. The summed E-state index contributed by atoms with van der Waals surface area (Å²) in [5, 5.41) is 12.6. The molecule has 1 heterocycles. The number of phenols is 1. The van der Waals surface area contributed by atoms with E-state index in [1.165, 1.54) is 10.7 Å². The van der Waals surface area contributed by atoms with Gasteiger partial charge in [0.1, 0.15) is 5.75 Å². The molecule has 0 spiro atoms. The summed E-state index contributed by atoms with van der Waals surface area (Å²) in [6.07, 6.45) is 0. The van der Waals surface area contributed by atoms with E-state index in [0.29, 0.717) is 11.9 Å². The van der Waals surface area contributed by atoms with Crippen LogP contribution in [0.4, 0.5) is 0 Å². The Labute approximate surface area is 74.4 Å². The fraction of sp³-hybridized carbons (Fsp3) is 0.222. The van der Waals surface area contributed by atoms with Gasteiger partial charge in [0.2, 0.25) is 0 Å². The zero-order chi connectivity index (χ0) is 9.42. The Kier molecular flexibility index (Phi) is 1.62. The number of aromatic nitrogens is 2. The highest BCUT2D eigenvalue weighted by Gasteiger charge is 2.04. The lowest BCUT2D eigenvalue weighted by atomic mass is 10.2. The summed E-state index contributed by atoms with van der Waals surface area (Å²) in [6, 6.07) is 4.72. The lowest BCUT2D eigenvalue weighted by Crippen LogP contribution is -2.14. The van der Waals surface area contributed by atoms with Crippen molar-refractivity contribution in [3.63, 3.8) is 0 Å². The van der Waals surface area contributed by atoms with Gasteiger partial charge in [-0.15, -0.1) is 0 Å². The number of aromatic amines is 1. The summed E-state index contributed by atoms with van der Waals surface area (Å²) < 4.78 is 1.50. The minimum absolute atomic E-state index is 0.0894. The highest BCUT2D eigenvalue weighted by Crippen LogP contribution is 2.14. The zero-order valence-corrected chi connectivity index (χ0v) is 7.24. The molecule has 2 aromatic rings. The number of aromatic hydroxyl groups is 1. The lowest BCUT2D eigenvalue weighted by Gasteiger charge is -1.90. The van der Waals surface area contributed by atoms with Gasteiger partial charge in [0, 0.05) is 6.54 Å².